The van der Waals surface area contributed by atoms with Crippen LogP contribution in [0.1, 0.15) is 465 Å². The van der Waals surface area contributed by atoms with Crippen molar-refractivity contribution in [3.63, 3.8) is 0 Å². The number of unbranched alkanes of at least 4 members (excludes halogenated alkanes) is 57. The number of aliphatic hydroxyl groups excluding tert-OH is 1. The molecule has 0 aromatic heterocycles. The topological polar surface area (TPSA) is 237 Å². The maximum atomic E-state index is 13.1. The van der Waals surface area contributed by atoms with Crippen LogP contribution in [0.25, 0.3) is 0 Å². The number of esters is 4. The fourth-order valence-electron chi connectivity index (χ4n) is 13.4. The van der Waals surface area contributed by atoms with Gasteiger partial charge in [0, 0.05) is 25.7 Å². The number of hydrogen-bond donors (Lipinski definition) is 3. The SMILES string of the molecule is CCCCCCCCCCCCCCCCCCCCCCC(=O)O[C@H](COC(=O)CCCCCCCCCCCCCCCCC(C)CC)COP(=O)(O)OC[C@@H](O)COP(=O)(O)OC[C@@H](COC(=O)CCCCCCCCCCCC)OC(=O)CCCCCCCCCCCCCCCCCCC. The highest BCUT2D eigenvalue weighted by molar-refractivity contribution is 7.47. The highest BCUT2D eigenvalue weighted by Crippen LogP contribution is 2.45. The minimum atomic E-state index is -4.97. The fraction of sp³-hybridized carbons (Fsp3) is 0.953. The van der Waals surface area contributed by atoms with Crippen LogP contribution in [0.2, 0.25) is 0 Å². The van der Waals surface area contributed by atoms with Crippen LogP contribution in [-0.4, -0.2) is 96.7 Å². The number of aliphatic hydroxyl groups is 1. The summed E-state index contributed by atoms with van der Waals surface area (Å²) < 4.78 is 68.9. The maximum absolute atomic E-state index is 13.1. The van der Waals surface area contributed by atoms with Crippen molar-refractivity contribution < 1.29 is 80.2 Å². The summed E-state index contributed by atoms with van der Waals surface area (Å²) in [7, 11) is -9.93. The lowest BCUT2D eigenvalue weighted by molar-refractivity contribution is -0.161. The summed E-state index contributed by atoms with van der Waals surface area (Å²) in [6.45, 7) is 7.42. The lowest BCUT2D eigenvalue weighted by Crippen LogP contribution is -2.30. The quantitative estimate of drug-likeness (QED) is 0.0222. The number of carbonyl (C=O) groups excluding carboxylic acids is 4. The molecule has 0 aliphatic heterocycles. The van der Waals surface area contributed by atoms with Gasteiger partial charge in [0.2, 0.25) is 0 Å². The molecule has 3 unspecified atom stereocenters. The standard InChI is InChI=1S/C86H168O17P2/c1-6-10-13-16-19-22-25-27-29-31-32-33-35-37-43-47-52-57-62-67-72-86(91)103-82(76-97-84(89)70-65-60-55-50-45-41-39-38-40-44-48-53-58-63-68-79(5)9-4)78-101-105(94,95)99-74-80(87)73-98-104(92,93)100-77-81(75-96-83(88)69-64-59-54-49-24-21-18-15-12-8-3)102-85(90)71-66-61-56-51-46-42-36-34-30-28-26-23-20-17-14-11-7-2/h79-82,87H,6-78H2,1-5H3,(H,92,93)(H,94,95)/t79?,80-,81+,82+/m0/s1. The van der Waals surface area contributed by atoms with E-state index in [1.54, 1.807) is 0 Å². The van der Waals surface area contributed by atoms with Crippen LogP contribution in [-0.2, 0) is 65.4 Å². The van der Waals surface area contributed by atoms with Crippen LogP contribution in [0.4, 0.5) is 0 Å². The molecule has 0 aliphatic carbocycles. The Labute approximate surface area is 645 Å². The third-order valence-electron chi connectivity index (χ3n) is 20.6. The van der Waals surface area contributed by atoms with Gasteiger partial charge in [0.25, 0.3) is 0 Å². The van der Waals surface area contributed by atoms with E-state index in [1.807, 2.05) is 0 Å². The Kier molecular flexibility index (Phi) is 77.3. The highest BCUT2D eigenvalue weighted by Gasteiger charge is 2.30. The maximum Gasteiger partial charge on any atom is 0.472 e. The minimum Gasteiger partial charge on any atom is -0.462 e. The molecule has 0 aliphatic rings. The van der Waals surface area contributed by atoms with Gasteiger partial charge < -0.3 is 33.8 Å². The first-order chi connectivity index (χ1) is 51.1. The first-order valence-corrected chi connectivity index (χ1v) is 47.7. The Bertz CT molecular complexity index is 2000. The van der Waals surface area contributed by atoms with E-state index in [0.717, 1.165) is 95.8 Å². The Morgan fingerprint density at radius 2 is 0.457 bits per heavy atom. The molecule has 0 fully saturated rings. The van der Waals surface area contributed by atoms with Crippen LogP contribution < -0.4 is 0 Å². The van der Waals surface area contributed by atoms with Gasteiger partial charge in [0.15, 0.2) is 12.2 Å². The second kappa shape index (κ2) is 78.7. The lowest BCUT2D eigenvalue weighted by atomic mass is 9.99. The molecule has 0 bridgehead atoms. The van der Waals surface area contributed by atoms with Gasteiger partial charge in [-0.15, -0.1) is 0 Å². The number of phosphoric acid groups is 2. The molecule has 17 nitrogen and oxygen atoms in total. The van der Waals surface area contributed by atoms with E-state index in [2.05, 4.69) is 34.6 Å². The van der Waals surface area contributed by atoms with Crippen molar-refractivity contribution in [1.82, 2.24) is 0 Å². The average Bonchev–Trinajstić information content (AvgIpc) is 0.913. The second-order valence-corrected chi connectivity index (χ2v) is 34.1. The summed E-state index contributed by atoms with van der Waals surface area (Å²) in [6, 6.07) is 0. The number of phosphoric ester groups is 2. The first kappa shape index (κ1) is 103. The predicted molar refractivity (Wildman–Crippen MR) is 432 cm³/mol. The smallest absolute Gasteiger partial charge is 0.462 e. The van der Waals surface area contributed by atoms with Crippen LogP contribution in [0, 0.1) is 5.92 Å². The largest absolute Gasteiger partial charge is 0.472 e. The summed E-state index contributed by atoms with van der Waals surface area (Å²) in [5.74, 6) is -1.25. The Morgan fingerprint density at radius 3 is 0.676 bits per heavy atom. The van der Waals surface area contributed by atoms with E-state index in [-0.39, 0.29) is 25.7 Å². The van der Waals surface area contributed by atoms with Crippen molar-refractivity contribution in [2.24, 2.45) is 5.92 Å². The molecule has 19 heteroatoms. The average molecular weight is 1540 g/mol. The van der Waals surface area contributed by atoms with E-state index in [9.17, 15) is 43.2 Å². The molecule has 3 N–H and O–H groups in total. The third-order valence-corrected chi connectivity index (χ3v) is 22.5. The number of carbonyl (C=O) groups is 4. The van der Waals surface area contributed by atoms with E-state index < -0.39 is 97.5 Å². The molecule has 0 aromatic rings. The van der Waals surface area contributed by atoms with Gasteiger partial charge in [0.1, 0.15) is 19.3 Å². The van der Waals surface area contributed by atoms with Crippen molar-refractivity contribution in [2.45, 2.75) is 483 Å². The summed E-state index contributed by atoms with van der Waals surface area (Å²) in [5.41, 5.74) is 0. The van der Waals surface area contributed by atoms with Gasteiger partial charge in [0.05, 0.1) is 26.4 Å². The molecule has 624 valence electrons. The number of rotatable bonds is 86. The summed E-state index contributed by atoms with van der Waals surface area (Å²) >= 11 is 0. The Balaban J connectivity index is 5.23. The van der Waals surface area contributed by atoms with Gasteiger partial charge in [-0.1, -0.05) is 413 Å². The van der Waals surface area contributed by atoms with Crippen molar-refractivity contribution in [1.29, 1.82) is 0 Å². The van der Waals surface area contributed by atoms with Crippen molar-refractivity contribution in [3.05, 3.63) is 0 Å². The van der Waals surface area contributed by atoms with Crippen molar-refractivity contribution in [3.8, 4) is 0 Å². The summed E-state index contributed by atoms with van der Waals surface area (Å²) in [5, 5.41) is 10.7. The number of ether oxygens (including phenoxy) is 4. The summed E-state index contributed by atoms with van der Waals surface area (Å²) in [4.78, 5) is 73.2. The molecule has 0 radical (unpaired) electrons. The fourth-order valence-corrected chi connectivity index (χ4v) is 15.0. The van der Waals surface area contributed by atoms with Crippen molar-refractivity contribution in [2.75, 3.05) is 39.6 Å². The Hall–Kier alpha value is -1.94. The summed E-state index contributed by atoms with van der Waals surface area (Å²) in [6.07, 6.45) is 72.1. The molecule has 0 amide bonds. The molecule has 0 saturated carbocycles. The molecule has 0 rings (SSSR count). The van der Waals surface area contributed by atoms with E-state index in [0.29, 0.717) is 25.7 Å². The van der Waals surface area contributed by atoms with Gasteiger partial charge in [-0.25, -0.2) is 9.13 Å². The third kappa shape index (κ3) is 78.5. The first-order valence-electron chi connectivity index (χ1n) is 44.7. The van der Waals surface area contributed by atoms with Gasteiger partial charge in [-0.05, 0) is 31.6 Å². The van der Waals surface area contributed by atoms with Crippen LogP contribution in [0.5, 0.6) is 0 Å². The zero-order valence-electron chi connectivity index (χ0n) is 68.9. The lowest BCUT2D eigenvalue weighted by Gasteiger charge is -2.21. The molecule has 105 heavy (non-hydrogen) atoms. The second-order valence-electron chi connectivity index (χ2n) is 31.2. The molecule has 0 spiro atoms. The monoisotopic (exact) mass is 1540 g/mol. The van der Waals surface area contributed by atoms with E-state index >= 15 is 0 Å². The zero-order valence-corrected chi connectivity index (χ0v) is 70.7. The van der Waals surface area contributed by atoms with Crippen LogP contribution >= 0.6 is 15.6 Å². The van der Waals surface area contributed by atoms with Gasteiger partial charge >= 0.3 is 39.5 Å². The molecule has 0 heterocycles. The normalized spacial score (nSPS) is 14.0. The number of hydrogen-bond acceptors (Lipinski definition) is 15. The van der Waals surface area contributed by atoms with Gasteiger partial charge in [-0.2, -0.15) is 0 Å². The predicted octanol–water partition coefficient (Wildman–Crippen LogP) is 26.4. The Morgan fingerprint density at radius 1 is 0.267 bits per heavy atom. The van der Waals surface area contributed by atoms with Crippen molar-refractivity contribution >= 4 is 39.5 Å². The van der Waals surface area contributed by atoms with Gasteiger partial charge in [-0.3, -0.25) is 37.3 Å². The molecule has 0 saturated heterocycles. The van der Waals surface area contributed by atoms with E-state index in [1.165, 1.54) is 289 Å². The zero-order chi connectivity index (χ0) is 76.9. The van der Waals surface area contributed by atoms with Crippen LogP contribution in [0.15, 0.2) is 0 Å². The van der Waals surface area contributed by atoms with E-state index in [4.69, 9.17) is 37.0 Å². The molecular formula is C86H168O17P2. The molecular weight excluding hydrogens is 1370 g/mol. The van der Waals surface area contributed by atoms with Crippen LogP contribution in [0.3, 0.4) is 0 Å². The highest BCUT2D eigenvalue weighted by atomic mass is 31.2. The molecule has 0 aromatic carbocycles. The molecule has 6 atom stereocenters. The minimum absolute atomic E-state index is 0.109.